The van der Waals surface area contributed by atoms with Crippen molar-refractivity contribution in [1.29, 1.82) is 0 Å². The van der Waals surface area contributed by atoms with Crippen LogP contribution in [0.3, 0.4) is 0 Å². The van der Waals surface area contributed by atoms with Gasteiger partial charge in [0.15, 0.2) is 0 Å². The van der Waals surface area contributed by atoms with Crippen molar-refractivity contribution in [3.05, 3.63) is 65.7 Å². The van der Waals surface area contributed by atoms with Gasteiger partial charge in [-0.3, -0.25) is 43.2 Å². The molecule has 2 aromatic rings. The molecule has 0 aliphatic carbocycles. The average Bonchev–Trinajstić information content (AvgIpc) is 2.18. The van der Waals surface area contributed by atoms with Gasteiger partial charge in [0.05, 0.1) is 91.4 Å². The Kier molecular flexibility index (Phi) is 36.0. The number of rotatable bonds is 48. The highest BCUT2D eigenvalue weighted by molar-refractivity contribution is 8.00. The first-order valence-electron chi connectivity index (χ1n) is 30.7. The maximum atomic E-state index is 14.1. The van der Waals surface area contributed by atoms with Crippen LogP contribution in [-0.2, 0) is 84.4 Å². The molecular formula is C62H92N10O18S. The Balaban J connectivity index is 1.12. The number of amides is 10. The fourth-order valence-electron chi connectivity index (χ4n) is 9.47. The summed E-state index contributed by atoms with van der Waals surface area (Å²) in [5.41, 5.74) is 6.61. The molecule has 13 N–H and O–H groups in total. The van der Waals surface area contributed by atoms with Crippen molar-refractivity contribution in [2.45, 2.75) is 145 Å². The number of aromatic hydroxyl groups is 1. The molecule has 4 rings (SSSR count). The lowest BCUT2D eigenvalue weighted by atomic mass is 10.00. The quantitative estimate of drug-likeness (QED) is 0.0233. The number of fused-ring (bicyclic) bond motifs is 1. The number of phenols is 1. The minimum Gasteiger partial charge on any atom is -0.508 e. The number of primary amides is 1. The maximum absolute atomic E-state index is 14.1. The maximum Gasteiger partial charge on any atom is 0.315 e. The zero-order valence-corrected chi connectivity index (χ0v) is 53.0. The minimum atomic E-state index is -1.54. The summed E-state index contributed by atoms with van der Waals surface area (Å²) in [5, 5.41) is 44.1. The summed E-state index contributed by atoms with van der Waals surface area (Å²) in [6.07, 6.45) is 7.06. The summed E-state index contributed by atoms with van der Waals surface area (Å²) in [6.45, 7) is 8.84. The monoisotopic (exact) mass is 1300 g/mol. The van der Waals surface area contributed by atoms with Gasteiger partial charge in [0.2, 0.25) is 47.3 Å². The number of aliphatic carboxylic acids is 1. The van der Waals surface area contributed by atoms with Crippen molar-refractivity contribution < 1.29 is 86.6 Å². The fourth-order valence-corrected chi connectivity index (χ4v) is 11.0. The molecule has 2 saturated heterocycles. The van der Waals surface area contributed by atoms with E-state index < -0.39 is 96.4 Å². The highest BCUT2D eigenvalue weighted by Crippen LogP contribution is 2.33. The third kappa shape index (κ3) is 31.3. The number of carbonyl (C=O) groups is 10. The van der Waals surface area contributed by atoms with E-state index in [4.69, 9.17) is 40.6 Å². The zero-order valence-electron chi connectivity index (χ0n) is 52.1. The molecule has 28 nitrogen and oxygen atoms in total. The lowest BCUT2D eigenvalue weighted by Crippen LogP contribution is -2.59. The lowest BCUT2D eigenvalue weighted by molar-refractivity contribution is -0.138. The largest absolute Gasteiger partial charge is 0.508 e. The Morgan fingerprint density at radius 1 is 0.604 bits per heavy atom. The average molecular weight is 1300 g/mol. The van der Waals surface area contributed by atoms with E-state index in [9.17, 15) is 58.2 Å². The van der Waals surface area contributed by atoms with Crippen molar-refractivity contribution >= 4 is 71.0 Å². The van der Waals surface area contributed by atoms with Crippen LogP contribution >= 0.6 is 11.8 Å². The normalized spacial score (nSPS) is 16.9. The molecular weight excluding hydrogens is 1200 g/mol. The van der Waals surface area contributed by atoms with Crippen molar-refractivity contribution in [2.75, 3.05) is 91.6 Å². The van der Waals surface area contributed by atoms with Crippen molar-refractivity contribution in [1.82, 2.24) is 47.9 Å². The van der Waals surface area contributed by atoms with Crippen LogP contribution in [0.25, 0.3) is 0 Å². The molecule has 91 heavy (non-hydrogen) atoms. The molecule has 504 valence electrons. The van der Waals surface area contributed by atoms with Crippen LogP contribution in [0.4, 0.5) is 4.79 Å². The van der Waals surface area contributed by atoms with Gasteiger partial charge in [0.1, 0.15) is 42.0 Å². The summed E-state index contributed by atoms with van der Waals surface area (Å²) >= 11 is 1.87. The number of terminal acetylenes is 1. The molecule has 9 atom stereocenters. The van der Waals surface area contributed by atoms with Crippen molar-refractivity contribution in [3.8, 4) is 18.1 Å². The predicted octanol–water partition coefficient (Wildman–Crippen LogP) is -0.143. The van der Waals surface area contributed by atoms with E-state index in [1.807, 2.05) is 11.8 Å². The van der Waals surface area contributed by atoms with E-state index >= 15 is 0 Å². The number of urea groups is 1. The molecule has 2 heterocycles. The van der Waals surface area contributed by atoms with Crippen LogP contribution in [0.2, 0.25) is 0 Å². The third-order valence-corrected chi connectivity index (χ3v) is 15.8. The number of hydrogen-bond acceptors (Lipinski definition) is 18. The molecule has 10 amide bonds. The van der Waals surface area contributed by atoms with E-state index in [0.29, 0.717) is 82.2 Å². The number of ether oxygens (including phenoxy) is 6. The van der Waals surface area contributed by atoms with Gasteiger partial charge in [-0.25, -0.2) is 4.79 Å². The van der Waals surface area contributed by atoms with E-state index in [2.05, 4.69) is 53.8 Å². The predicted molar refractivity (Wildman–Crippen MR) is 335 cm³/mol. The van der Waals surface area contributed by atoms with E-state index in [0.717, 1.165) is 25.0 Å². The first kappa shape index (κ1) is 75.9. The molecule has 2 aliphatic heterocycles. The number of carboxylic acid groups (broad SMARTS) is 1. The number of phenolic OH excluding ortho intramolecular Hbond substituents is 1. The molecule has 29 heteroatoms. The SMILES string of the molecule is C#CC[C@@H](NC(=O)[C@@H](Cc1ccccc1)NC(=O)[C@@H](C)NC(=O)[C@@H](CCC(=O)O)NC(=O)[C@@H](CC(C)C)NC(=O)[C@@H](Cc1ccc(O)cc1)NC(=O)CCOCCOCCOCCOCCOCCOCCNC(=O)CCCC[C@@H]1SC[C@@H]2NC(=O)N[C@@H]21)C(N)=O. The van der Waals surface area contributed by atoms with Gasteiger partial charge in [-0.15, -0.1) is 12.3 Å². The molecule has 0 spiro atoms. The van der Waals surface area contributed by atoms with Gasteiger partial charge < -0.3 is 92.2 Å². The Hall–Kier alpha value is -7.59. The Morgan fingerprint density at radius 2 is 1.12 bits per heavy atom. The van der Waals surface area contributed by atoms with Crippen LogP contribution in [0.5, 0.6) is 5.75 Å². The third-order valence-electron chi connectivity index (χ3n) is 14.3. The Bertz CT molecular complexity index is 2650. The van der Waals surface area contributed by atoms with Crippen LogP contribution in [0.1, 0.15) is 89.7 Å². The van der Waals surface area contributed by atoms with Crippen LogP contribution in [0.15, 0.2) is 54.6 Å². The van der Waals surface area contributed by atoms with E-state index in [-0.39, 0.29) is 94.2 Å². The number of nitrogens with one attached hydrogen (secondary N) is 9. The lowest BCUT2D eigenvalue weighted by Gasteiger charge is -2.27. The summed E-state index contributed by atoms with van der Waals surface area (Å²) in [5.74, 6) is -4.04. The second kappa shape index (κ2) is 43.2. The Labute approximate surface area is 535 Å². The number of hydrogen-bond donors (Lipinski definition) is 12. The van der Waals surface area contributed by atoms with Gasteiger partial charge in [-0.2, -0.15) is 11.8 Å². The van der Waals surface area contributed by atoms with Gasteiger partial charge in [0, 0.05) is 56.1 Å². The van der Waals surface area contributed by atoms with Gasteiger partial charge in [-0.05, 0) is 61.8 Å². The second-order valence-corrected chi connectivity index (χ2v) is 23.4. The number of benzene rings is 2. The minimum absolute atomic E-state index is 0.00458. The summed E-state index contributed by atoms with van der Waals surface area (Å²) < 4.78 is 33.3. The van der Waals surface area contributed by atoms with Crippen LogP contribution in [0, 0.1) is 18.3 Å². The molecule has 0 unspecified atom stereocenters. The highest BCUT2D eigenvalue weighted by Gasteiger charge is 2.42. The molecule has 2 aliphatic rings. The zero-order chi connectivity index (χ0) is 66.3. The van der Waals surface area contributed by atoms with Crippen LogP contribution in [-0.4, -0.2) is 215 Å². The number of nitrogens with two attached hydrogens (primary N) is 1. The Morgan fingerprint density at radius 3 is 1.69 bits per heavy atom. The topological polar surface area (TPSA) is 401 Å². The number of unbranched alkanes of at least 4 members (excludes halogenated alkanes) is 1. The second-order valence-electron chi connectivity index (χ2n) is 22.2. The molecule has 0 aromatic heterocycles. The summed E-state index contributed by atoms with van der Waals surface area (Å²) in [6, 6.07) is 6.86. The number of carboxylic acids is 1. The molecule has 0 bridgehead atoms. The first-order chi connectivity index (χ1) is 43.7. The highest BCUT2D eigenvalue weighted by atomic mass is 32.2. The van der Waals surface area contributed by atoms with Crippen LogP contribution < -0.4 is 53.6 Å². The van der Waals surface area contributed by atoms with Crippen molar-refractivity contribution in [3.63, 3.8) is 0 Å². The summed E-state index contributed by atoms with van der Waals surface area (Å²) in [4.78, 5) is 130. The summed E-state index contributed by atoms with van der Waals surface area (Å²) in [7, 11) is 0. The number of carbonyl (C=O) groups excluding carboxylic acids is 9. The standard InChI is InChI=1S/C62H92N10O18S/c1-5-11-45(56(63)78)67-61(83)49(37-42-12-7-6-8-13-42)69-57(79)41(4)65-58(80)46(20-21-54(76)77)68-59(81)47(36-40(2)3)70-60(82)48(38-43-16-18-44(73)19-17-43)66-53(75)22-24-85-26-28-87-30-32-89-34-35-90-33-31-88-29-27-86-25-23-64-52(74)15-10-9-14-51-55-50(39-91-51)71-62(84)72-55/h1,6-8,12-13,16-19,40-41,45-51,55,73H,9-11,14-15,20-39H2,2-4H3,(H2,63,78)(H,64,74)(H,65,80)(H,66,75)(H,67,83)(H,68,81)(H,69,79)(H,70,82)(H,76,77)(H2,71,72,84)/t41-,45-,46-,47-,48-,49-,50+,51+,55+/m1/s1. The molecule has 2 fully saturated rings. The first-order valence-corrected chi connectivity index (χ1v) is 31.8. The van der Waals surface area contributed by atoms with E-state index in [1.54, 1.807) is 56.3 Å². The van der Waals surface area contributed by atoms with Gasteiger partial charge in [0.25, 0.3) is 0 Å². The van der Waals surface area contributed by atoms with E-state index in [1.165, 1.54) is 19.1 Å². The van der Waals surface area contributed by atoms with Gasteiger partial charge in [-0.1, -0.05) is 62.7 Å². The molecule has 2 aromatic carbocycles. The molecule has 0 saturated carbocycles. The van der Waals surface area contributed by atoms with Gasteiger partial charge >= 0.3 is 12.0 Å². The number of thioether (sulfide) groups is 1. The fraction of sp³-hybridized carbons (Fsp3) is 0.613. The van der Waals surface area contributed by atoms with Crippen molar-refractivity contribution in [2.24, 2.45) is 11.7 Å². The smallest absolute Gasteiger partial charge is 0.315 e. The molecule has 0 radical (unpaired) electrons.